The maximum Gasteiger partial charge on any atom is 0.0826 e. The number of nitrogens with zero attached hydrogens (tertiary/aromatic N) is 3. The summed E-state index contributed by atoms with van der Waals surface area (Å²) in [5.74, 6) is 0. The Morgan fingerprint density at radius 2 is 1.90 bits per heavy atom. The molecule has 0 bridgehead atoms. The second kappa shape index (κ2) is 7.71. The van der Waals surface area contributed by atoms with E-state index in [0.717, 1.165) is 39.3 Å². The van der Waals surface area contributed by atoms with Gasteiger partial charge >= 0.3 is 0 Å². The summed E-state index contributed by atoms with van der Waals surface area (Å²) in [5.41, 5.74) is 0. The third kappa shape index (κ3) is 4.67. The summed E-state index contributed by atoms with van der Waals surface area (Å²) in [6, 6.07) is 1.25. The minimum absolute atomic E-state index is 0.345. The highest BCUT2D eigenvalue weighted by Gasteiger charge is 2.24. The number of rotatable bonds is 5. The van der Waals surface area contributed by atoms with Crippen LogP contribution in [0.25, 0.3) is 0 Å². The first kappa shape index (κ1) is 16.2. The quantitative estimate of drug-likeness (QED) is 0.764. The number of likely N-dealkylation sites (N-methyl/N-ethyl adjacent to an activating group) is 2. The minimum Gasteiger partial charge on any atom is -0.374 e. The van der Waals surface area contributed by atoms with Crippen LogP contribution in [0.3, 0.4) is 0 Å². The number of morpholine rings is 1. The van der Waals surface area contributed by atoms with Crippen molar-refractivity contribution in [3.05, 3.63) is 0 Å². The van der Waals surface area contributed by atoms with Gasteiger partial charge in [0.05, 0.1) is 12.7 Å². The average molecular weight is 284 g/mol. The Morgan fingerprint density at radius 3 is 2.65 bits per heavy atom. The van der Waals surface area contributed by atoms with Crippen LogP contribution in [0.2, 0.25) is 0 Å². The van der Waals surface area contributed by atoms with Crippen molar-refractivity contribution < 1.29 is 4.74 Å². The van der Waals surface area contributed by atoms with Crippen LogP contribution in [0.4, 0.5) is 0 Å². The molecule has 0 aliphatic carbocycles. The largest absolute Gasteiger partial charge is 0.374 e. The molecule has 0 radical (unpaired) electrons. The number of nitrogens with one attached hydrogen (secondary N) is 1. The number of hydrogen-bond donors (Lipinski definition) is 1. The summed E-state index contributed by atoms with van der Waals surface area (Å²) in [6.45, 7) is 13.1. The van der Waals surface area contributed by atoms with E-state index in [1.54, 1.807) is 0 Å². The molecule has 2 aliphatic rings. The van der Waals surface area contributed by atoms with Gasteiger partial charge in [-0.25, -0.2) is 0 Å². The lowest BCUT2D eigenvalue weighted by molar-refractivity contribution is -0.0378. The van der Waals surface area contributed by atoms with Gasteiger partial charge in [-0.2, -0.15) is 0 Å². The van der Waals surface area contributed by atoms with Crippen molar-refractivity contribution in [2.75, 3.05) is 66.5 Å². The summed E-state index contributed by atoms with van der Waals surface area (Å²) in [5, 5.41) is 3.62. The minimum atomic E-state index is 0.345. The van der Waals surface area contributed by atoms with Crippen LogP contribution in [0, 0.1) is 0 Å². The first-order valence-corrected chi connectivity index (χ1v) is 8.01. The first-order valence-electron chi connectivity index (χ1n) is 8.01. The lowest BCUT2D eigenvalue weighted by Gasteiger charge is -2.39. The highest BCUT2D eigenvalue weighted by molar-refractivity contribution is 4.82. The first-order chi connectivity index (χ1) is 9.56. The van der Waals surface area contributed by atoms with E-state index in [1.165, 1.54) is 13.1 Å². The molecule has 2 rings (SSSR count). The zero-order valence-electron chi connectivity index (χ0n) is 13.6. The Hall–Kier alpha value is -0.200. The third-order valence-corrected chi connectivity index (χ3v) is 4.63. The maximum atomic E-state index is 5.87. The molecule has 1 N–H and O–H groups in total. The molecule has 5 nitrogen and oxygen atoms in total. The van der Waals surface area contributed by atoms with Crippen LogP contribution in [0.5, 0.6) is 0 Å². The van der Waals surface area contributed by atoms with Gasteiger partial charge in [0.25, 0.3) is 0 Å². The van der Waals surface area contributed by atoms with Gasteiger partial charge in [-0.3, -0.25) is 9.80 Å². The molecule has 2 aliphatic heterocycles. The molecular weight excluding hydrogens is 252 g/mol. The van der Waals surface area contributed by atoms with Crippen molar-refractivity contribution >= 4 is 0 Å². The van der Waals surface area contributed by atoms with Gasteiger partial charge in [0.2, 0.25) is 0 Å². The number of ether oxygens (including phenoxy) is 1. The molecule has 118 valence electrons. The van der Waals surface area contributed by atoms with E-state index in [-0.39, 0.29) is 0 Å². The zero-order chi connectivity index (χ0) is 14.5. The van der Waals surface area contributed by atoms with Gasteiger partial charge in [0, 0.05) is 57.9 Å². The van der Waals surface area contributed by atoms with Gasteiger partial charge in [0.1, 0.15) is 0 Å². The Kier molecular flexibility index (Phi) is 6.23. The molecule has 20 heavy (non-hydrogen) atoms. The summed E-state index contributed by atoms with van der Waals surface area (Å²) >= 11 is 0. The SMILES string of the molecule is CC(C)N1CCOC(CNCC2CN(C)CCN2C)C1. The topological polar surface area (TPSA) is 31.0 Å². The van der Waals surface area contributed by atoms with Crippen LogP contribution in [0.15, 0.2) is 0 Å². The maximum absolute atomic E-state index is 5.87. The molecule has 0 aromatic rings. The third-order valence-electron chi connectivity index (χ3n) is 4.63. The summed E-state index contributed by atoms with van der Waals surface area (Å²) in [7, 11) is 4.45. The van der Waals surface area contributed by atoms with E-state index in [1.807, 2.05) is 0 Å². The molecule has 5 heteroatoms. The fourth-order valence-electron chi connectivity index (χ4n) is 3.07. The Balaban J connectivity index is 1.67. The summed E-state index contributed by atoms with van der Waals surface area (Å²) in [4.78, 5) is 7.40. The van der Waals surface area contributed by atoms with Gasteiger partial charge < -0.3 is 15.0 Å². The van der Waals surface area contributed by atoms with Gasteiger partial charge in [-0.15, -0.1) is 0 Å². The molecule has 0 aromatic heterocycles. The Bertz CT molecular complexity index is 287. The predicted octanol–water partition coefficient (Wildman–Crippen LogP) is -0.0690. The van der Waals surface area contributed by atoms with Crippen molar-refractivity contribution in [3.63, 3.8) is 0 Å². The predicted molar refractivity (Wildman–Crippen MR) is 83.2 cm³/mol. The molecule has 2 saturated heterocycles. The lowest BCUT2D eigenvalue weighted by Crippen LogP contribution is -2.55. The van der Waals surface area contributed by atoms with Gasteiger partial charge in [0.15, 0.2) is 0 Å². The lowest BCUT2D eigenvalue weighted by atomic mass is 10.1. The van der Waals surface area contributed by atoms with Crippen molar-refractivity contribution in [2.45, 2.75) is 32.0 Å². The summed E-state index contributed by atoms with van der Waals surface area (Å²) in [6.07, 6.45) is 0.345. The van der Waals surface area contributed by atoms with Crippen molar-refractivity contribution in [2.24, 2.45) is 0 Å². The monoisotopic (exact) mass is 284 g/mol. The van der Waals surface area contributed by atoms with Crippen molar-refractivity contribution in [1.82, 2.24) is 20.0 Å². The molecule has 0 saturated carbocycles. The van der Waals surface area contributed by atoms with E-state index < -0.39 is 0 Å². The van der Waals surface area contributed by atoms with E-state index in [4.69, 9.17) is 4.74 Å². The molecule has 0 spiro atoms. The van der Waals surface area contributed by atoms with E-state index in [9.17, 15) is 0 Å². The molecular formula is C15H32N4O. The number of hydrogen-bond acceptors (Lipinski definition) is 5. The number of piperazine rings is 1. The molecule has 2 unspecified atom stereocenters. The highest BCUT2D eigenvalue weighted by Crippen LogP contribution is 2.09. The van der Waals surface area contributed by atoms with Crippen molar-refractivity contribution in [1.29, 1.82) is 0 Å². The van der Waals surface area contributed by atoms with E-state index in [0.29, 0.717) is 18.2 Å². The summed E-state index contributed by atoms with van der Waals surface area (Å²) < 4.78 is 5.87. The average Bonchev–Trinajstić information content (AvgIpc) is 2.43. The second-order valence-corrected chi connectivity index (χ2v) is 6.64. The molecule has 0 aromatic carbocycles. The van der Waals surface area contributed by atoms with Crippen LogP contribution < -0.4 is 5.32 Å². The normalized spacial score (nSPS) is 31.1. The van der Waals surface area contributed by atoms with Gasteiger partial charge in [-0.05, 0) is 27.9 Å². The molecule has 2 atom stereocenters. The standard InChI is InChI=1S/C15H32N4O/c1-13(2)19-7-8-20-15(12-19)10-16-9-14-11-17(3)5-6-18(14)4/h13-16H,5-12H2,1-4H3. The Morgan fingerprint density at radius 1 is 1.10 bits per heavy atom. The zero-order valence-corrected chi connectivity index (χ0v) is 13.6. The second-order valence-electron chi connectivity index (χ2n) is 6.64. The molecule has 2 heterocycles. The fourth-order valence-corrected chi connectivity index (χ4v) is 3.07. The smallest absolute Gasteiger partial charge is 0.0826 e. The molecule has 2 fully saturated rings. The van der Waals surface area contributed by atoms with Crippen LogP contribution in [0.1, 0.15) is 13.8 Å². The van der Waals surface area contributed by atoms with E-state index >= 15 is 0 Å². The van der Waals surface area contributed by atoms with Crippen LogP contribution in [-0.2, 0) is 4.74 Å². The van der Waals surface area contributed by atoms with Crippen molar-refractivity contribution in [3.8, 4) is 0 Å². The molecule has 0 amide bonds. The Labute approximate surface area is 124 Å². The highest BCUT2D eigenvalue weighted by atomic mass is 16.5. The fraction of sp³-hybridized carbons (Fsp3) is 1.00. The van der Waals surface area contributed by atoms with Crippen LogP contribution >= 0.6 is 0 Å². The van der Waals surface area contributed by atoms with Crippen LogP contribution in [-0.4, -0.2) is 99.4 Å². The van der Waals surface area contributed by atoms with E-state index in [2.05, 4.69) is 48.0 Å². The van der Waals surface area contributed by atoms with Gasteiger partial charge in [-0.1, -0.05) is 0 Å².